The molecule has 1 aromatic carbocycles. The number of ether oxygens (including phenoxy) is 2. The molecule has 0 saturated carbocycles. The number of aromatic nitrogens is 1. The number of amides is 2. The second kappa shape index (κ2) is 7.77. The summed E-state index contributed by atoms with van der Waals surface area (Å²) in [6.07, 6.45) is 1.90. The summed E-state index contributed by atoms with van der Waals surface area (Å²) in [5, 5.41) is 5.40. The Bertz CT molecular complexity index is 1140. The first-order valence-electron chi connectivity index (χ1n) is 10.0. The minimum Gasteiger partial charge on any atom is -0.373 e. The van der Waals surface area contributed by atoms with Gasteiger partial charge in [-0.05, 0) is 57.0 Å². The number of fused-ring (bicyclic) bond motifs is 2. The molecule has 3 heterocycles. The molecule has 2 aliphatic heterocycles. The van der Waals surface area contributed by atoms with Crippen molar-refractivity contribution in [2.24, 2.45) is 0 Å². The maximum absolute atomic E-state index is 13.0. The Kier molecular flexibility index (Phi) is 5.40. The van der Waals surface area contributed by atoms with E-state index < -0.39 is 15.9 Å². The van der Waals surface area contributed by atoms with E-state index in [-0.39, 0.29) is 39.5 Å². The monoisotopic (exact) mass is 447 g/mol. The predicted molar refractivity (Wildman–Crippen MR) is 113 cm³/mol. The second-order valence-corrected chi connectivity index (χ2v) is 10.2. The summed E-state index contributed by atoms with van der Waals surface area (Å²) in [6.45, 7) is 6.96. The summed E-state index contributed by atoms with van der Waals surface area (Å²) >= 11 is 0. The van der Waals surface area contributed by atoms with Crippen LogP contribution in [-0.4, -0.2) is 55.7 Å². The average Bonchev–Trinajstić information content (AvgIpc) is 3.09. The molecule has 166 valence electrons. The highest BCUT2D eigenvalue weighted by Crippen LogP contribution is 2.30. The van der Waals surface area contributed by atoms with Crippen molar-refractivity contribution in [3.8, 4) is 0 Å². The van der Waals surface area contributed by atoms with Crippen LogP contribution in [0.3, 0.4) is 0 Å². The third-order valence-electron chi connectivity index (χ3n) is 5.26. The van der Waals surface area contributed by atoms with Crippen LogP contribution in [0.2, 0.25) is 0 Å². The minimum atomic E-state index is -3.96. The average molecular weight is 448 g/mol. The Labute approximate surface area is 180 Å². The van der Waals surface area contributed by atoms with Crippen LogP contribution in [0.1, 0.15) is 46.7 Å². The molecule has 0 bridgehead atoms. The molecule has 2 aliphatic rings. The predicted octanol–water partition coefficient (Wildman–Crippen LogP) is 1.91. The van der Waals surface area contributed by atoms with Gasteiger partial charge in [-0.3, -0.25) is 9.59 Å². The van der Waals surface area contributed by atoms with Gasteiger partial charge in [-0.25, -0.2) is 12.4 Å². The molecule has 31 heavy (non-hydrogen) atoms. The van der Waals surface area contributed by atoms with Gasteiger partial charge < -0.3 is 20.1 Å². The fraction of sp³-hybridized carbons (Fsp3) is 0.429. The van der Waals surface area contributed by atoms with Gasteiger partial charge in [0.05, 0.1) is 30.6 Å². The summed E-state index contributed by atoms with van der Waals surface area (Å²) in [7, 11) is -3.96. The van der Waals surface area contributed by atoms with Crippen molar-refractivity contribution in [2.45, 2.75) is 43.8 Å². The van der Waals surface area contributed by atoms with Gasteiger partial charge in [0.1, 0.15) is 10.6 Å². The Morgan fingerprint density at radius 3 is 2.81 bits per heavy atom. The van der Waals surface area contributed by atoms with Crippen molar-refractivity contribution >= 4 is 27.5 Å². The van der Waals surface area contributed by atoms with E-state index in [1.165, 1.54) is 30.5 Å². The maximum atomic E-state index is 13.0. The van der Waals surface area contributed by atoms with Gasteiger partial charge >= 0.3 is 0 Å². The number of aryl methyl sites for hydroxylation is 1. The van der Waals surface area contributed by atoms with E-state index >= 15 is 0 Å². The lowest BCUT2D eigenvalue weighted by atomic mass is 10.1. The van der Waals surface area contributed by atoms with Gasteiger partial charge in [0.25, 0.3) is 21.8 Å². The van der Waals surface area contributed by atoms with Crippen LogP contribution in [-0.2, 0) is 19.5 Å². The molecule has 2 aromatic rings. The van der Waals surface area contributed by atoms with Crippen molar-refractivity contribution in [1.29, 1.82) is 0 Å². The smallest absolute Gasteiger partial charge is 0.273 e. The Hall–Kier alpha value is -2.69. The van der Waals surface area contributed by atoms with Gasteiger partial charge in [-0.2, -0.15) is 0 Å². The molecule has 9 nitrogen and oxygen atoms in total. The summed E-state index contributed by atoms with van der Waals surface area (Å²) in [5.74, 6) is -0.920. The van der Waals surface area contributed by atoms with Crippen LogP contribution in [0, 0.1) is 6.92 Å². The molecule has 1 aromatic heterocycles. The fourth-order valence-corrected chi connectivity index (χ4v) is 5.10. The van der Waals surface area contributed by atoms with Crippen molar-refractivity contribution in [2.75, 3.05) is 25.1 Å². The summed E-state index contributed by atoms with van der Waals surface area (Å²) in [6, 6.07) is 5.65. The molecule has 2 amide bonds. The largest absolute Gasteiger partial charge is 0.373 e. The van der Waals surface area contributed by atoms with Crippen LogP contribution in [0.4, 0.5) is 5.69 Å². The number of anilines is 1. The van der Waals surface area contributed by atoms with Gasteiger partial charge in [-0.15, -0.1) is 0 Å². The number of carbonyl (C=O) groups is 2. The zero-order chi connectivity index (χ0) is 22.4. The van der Waals surface area contributed by atoms with Crippen molar-refractivity contribution < 1.29 is 27.5 Å². The first-order valence-corrected chi connectivity index (χ1v) is 11.4. The molecule has 1 fully saturated rings. The number of carbonyl (C=O) groups excluding carboxylic acids is 2. The SMILES string of the molecule is Cc1cc2n(c1)S(=O)(=O)c1ccc(C(=O)NCC[C@H]3COC(C)(C)CO3)cc1NC2=O. The molecule has 0 aliphatic carbocycles. The van der Waals surface area contributed by atoms with E-state index in [9.17, 15) is 18.0 Å². The highest BCUT2D eigenvalue weighted by molar-refractivity contribution is 7.90. The number of nitrogens with zero attached hydrogens (tertiary/aromatic N) is 1. The quantitative estimate of drug-likeness (QED) is 0.740. The van der Waals surface area contributed by atoms with Crippen LogP contribution < -0.4 is 10.6 Å². The van der Waals surface area contributed by atoms with Crippen LogP contribution >= 0.6 is 0 Å². The molecule has 2 N–H and O–H groups in total. The highest BCUT2D eigenvalue weighted by Gasteiger charge is 2.31. The molecule has 0 unspecified atom stereocenters. The first kappa shape index (κ1) is 21.5. The Balaban J connectivity index is 1.46. The van der Waals surface area contributed by atoms with E-state index in [0.29, 0.717) is 31.7 Å². The highest BCUT2D eigenvalue weighted by atomic mass is 32.2. The third-order valence-corrected chi connectivity index (χ3v) is 6.99. The Morgan fingerprint density at radius 2 is 2.10 bits per heavy atom. The zero-order valence-corrected chi connectivity index (χ0v) is 18.4. The summed E-state index contributed by atoms with van der Waals surface area (Å²) in [5.41, 5.74) is 0.706. The van der Waals surface area contributed by atoms with Crippen molar-refractivity contribution in [3.63, 3.8) is 0 Å². The lowest BCUT2D eigenvalue weighted by Gasteiger charge is -2.34. The van der Waals surface area contributed by atoms with E-state index in [1.807, 2.05) is 13.8 Å². The van der Waals surface area contributed by atoms with Gasteiger partial charge in [0, 0.05) is 18.3 Å². The Morgan fingerprint density at radius 1 is 1.32 bits per heavy atom. The number of rotatable bonds is 4. The third kappa shape index (κ3) is 4.23. The van der Waals surface area contributed by atoms with Crippen LogP contribution in [0.5, 0.6) is 0 Å². The summed E-state index contributed by atoms with van der Waals surface area (Å²) in [4.78, 5) is 25.0. The molecule has 0 spiro atoms. The van der Waals surface area contributed by atoms with E-state index in [2.05, 4.69) is 10.6 Å². The molecule has 10 heteroatoms. The maximum Gasteiger partial charge on any atom is 0.273 e. The lowest BCUT2D eigenvalue weighted by Crippen LogP contribution is -2.43. The number of benzene rings is 1. The number of hydrogen-bond donors (Lipinski definition) is 2. The first-order chi connectivity index (χ1) is 14.6. The molecule has 1 atom stereocenters. The van der Waals surface area contributed by atoms with Gasteiger partial charge in [-0.1, -0.05) is 0 Å². The van der Waals surface area contributed by atoms with Crippen molar-refractivity contribution in [3.05, 3.63) is 47.3 Å². The van der Waals surface area contributed by atoms with Gasteiger partial charge in [0.15, 0.2) is 0 Å². The van der Waals surface area contributed by atoms with E-state index in [1.54, 1.807) is 6.92 Å². The number of nitrogens with one attached hydrogen (secondary N) is 2. The van der Waals surface area contributed by atoms with Crippen molar-refractivity contribution in [1.82, 2.24) is 9.29 Å². The summed E-state index contributed by atoms with van der Waals surface area (Å²) < 4.78 is 38.4. The topological polar surface area (TPSA) is 116 Å². The molecule has 4 rings (SSSR count). The minimum absolute atomic E-state index is 0.0255. The van der Waals surface area contributed by atoms with Gasteiger partial charge in [0.2, 0.25) is 0 Å². The van der Waals surface area contributed by atoms with E-state index in [0.717, 1.165) is 3.97 Å². The van der Waals surface area contributed by atoms with Crippen LogP contribution in [0.15, 0.2) is 35.4 Å². The molecular weight excluding hydrogens is 422 g/mol. The second-order valence-electron chi connectivity index (χ2n) is 8.42. The molecule has 1 saturated heterocycles. The van der Waals surface area contributed by atoms with Crippen LogP contribution in [0.25, 0.3) is 0 Å². The standard InChI is InChI=1S/C21H25N3O6S/c1-13-8-17-20(26)23-16-9-14(4-5-18(16)31(27,28)24(17)10-13)19(25)22-7-6-15-11-30-21(2,3)12-29-15/h4-5,8-10,15H,6-7,11-12H2,1-3H3,(H,22,25)(H,23,26)/t15-/m0/s1. The molecule has 0 radical (unpaired) electrons. The lowest BCUT2D eigenvalue weighted by molar-refractivity contribution is -0.175. The fourth-order valence-electron chi connectivity index (χ4n) is 3.56. The van der Waals surface area contributed by atoms with E-state index in [4.69, 9.17) is 9.47 Å². The normalized spacial score (nSPS) is 21.4. The molecular formula is C21H25N3O6S. The number of hydrogen-bond acceptors (Lipinski definition) is 6. The zero-order valence-electron chi connectivity index (χ0n) is 17.6.